The van der Waals surface area contributed by atoms with E-state index >= 15 is 0 Å². The number of hydrogen-bond donors (Lipinski definition) is 0. The summed E-state index contributed by atoms with van der Waals surface area (Å²) in [5.74, 6) is 0.995. The molecule has 0 aromatic heterocycles. The van der Waals surface area contributed by atoms with Crippen LogP contribution < -0.4 is 0 Å². The number of hydrogen-bond acceptors (Lipinski definition) is 1. The lowest BCUT2D eigenvalue weighted by Crippen LogP contribution is -2.43. The van der Waals surface area contributed by atoms with Crippen LogP contribution in [0.2, 0.25) is 0 Å². The molecule has 63 valence electrons. The molecule has 0 amide bonds. The van der Waals surface area contributed by atoms with Crippen molar-refractivity contribution in [3.8, 4) is 0 Å². The molecule has 0 spiro atoms. The van der Waals surface area contributed by atoms with Crippen LogP contribution in [0.4, 0.5) is 0 Å². The van der Waals surface area contributed by atoms with Gasteiger partial charge in [0.1, 0.15) is 0 Å². The Balaban J connectivity index is 1.99. The Morgan fingerprint density at radius 2 is 1.73 bits per heavy atom. The molecule has 11 heavy (non-hydrogen) atoms. The fourth-order valence-corrected chi connectivity index (χ4v) is 2.73. The van der Waals surface area contributed by atoms with Crippen molar-refractivity contribution in [1.82, 2.24) is 4.90 Å². The van der Waals surface area contributed by atoms with Crippen molar-refractivity contribution in [2.24, 2.45) is 5.92 Å². The van der Waals surface area contributed by atoms with Crippen molar-refractivity contribution < 1.29 is 0 Å². The van der Waals surface area contributed by atoms with Gasteiger partial charge in [-0.1, -0.05) is 12.8 Å². The number of fused-ring (bicyclic) bond motifs is 1. The Bertz CT molecular complexity index is 131. The normalized spacial score (nSPS) is 40.1. The second-order valence-electron chi connectivity index (χ2n) is 4.07. The molecule has 2 rings (SSSR count). The van der Waals surface area contributed by atoms with Gasteiger partial charge in [-0.15, -0.1) is 0 Å². The molecule has 0 bridgehead atoms. The molecule has 1 aliphatic heterocycles. The summed E-state index contributed by atoms with van der Waals surface area (Å²) in [6.07, 6.45) is 8.63. The lowest BCUT2D eigenvalue weighted by Gasteiger charge is -2.42. The largest absolute Gasteiger partial charge is 0.299 e. The van der Waals surface area contributed by atoms with E-state index in [9.17, 15) is 0 Å². The van der Waals surface area contributed by atoms with E-state index in [2.05, 4.69) is 11.9 Å². The summed E-state index contributed by atoms with van der Waals surface area (Å²) in [5, 5.41) is 0. The van der Waals surface area contributed by atoms with Crippen LogP contribution in [-0.4, -0.2) is 17.5 Å². The molecule has 1 nitrogen and oxygen atoms in total. The first kappa shape index (κ1) is 7.60. The van der Waals surface area contributed by atoms with Crippen molar-refractivity contribution >= 4 is 0 Å². The maximum atomic E-state index is 4.12. The first-order valence-corrected chi connectivity index (χ1v) is 4.95. The van der Waals surface area contributed by atoms with Gasteiger partial charge in [0, 0.05) is 13.1 Å². The second kappa shape index (κ2) is 3.14. The minimum Gasteiger partial charge on any atom is -0.299 e. The van der Waals surface area contributed by atoms with Gasteiger partial charge < -0.3 is 0 Å². The van der Waals surface area contributed by atoms with Crippen molar-refractivity contribution in [2.45, 2.75) is 44.6 Å². The highest BCUT2D eigenvalue weighted by Crippen LogP contribution is 2.34. The molecule has 2 aliphatic rings. The Hall–Kier alpha value is -0.0400. The standard InChI is InChI=1S/C10H18N/c1-11-8-4-6-9-5-2-3-7-10(9)11/h9-10H,1-8H2. The van der Waals surface area contributed by atoms with Gasteiger partial charge in [-0.3, -0.25) is 4.90 Å². The van der Waals surface area contributed by atoms with E-state index in [1.807, 2.05) is 0 Å². The summed E-state index contributed by atoms with van der Waals surface area (Å²) in [6.45, 7) is 1.24. The molecule has 1 saturated heterocycles. The van der Waals surface area contributed by atoms with Gasteiger partial charge in [-0.25, -0.2) is 0 Å². The lowest BCUT2D eigenvalue weighted by molar-refractivity contribution is 0.0990. The summed E-state index contributed by atoms with van der Waals surface area (Å²) in [6, 6.07) is 0.845. The summed E-state index contributed by atoms with van der Waals surface area (Å²) in [5.41, 5.74) is 0. The third kappa shape index (κ3) is 1.44. The van der Waals surface area contributed by atoms with E-state index in [1.54, 1.807) is 0 Å². The molecule has 0 aromatic rings. The molecule has 2 unspecified atom stereocenters. The molecule has 1 radical (unpaired) electrons. The van der Waals surface area contributed by atoms with Gasteiger partial charge in [0.2, 0.25) is 0 Å². The van der Waals surface area contributed by atoms with Gasteiger partial charge in [0.05, 0.1) is 0 Å². The molecule has 1 aliphatic carbocycles. The van der Waals surface area contributed by atoms with Crippen LogP contribution in [0.1, 0.15) is 38.5 Å². The zero-order valence-corrected chi connectivity index (χ0v) is 7.26. The van der Waals surface area contributed by atoms with Crippen LogP contribution in [0.3, 0.4) is 0 Å². The first-order valence-electron chi connectivity index (χ1n) is 4.95. The molecule has 2 fully saturated rings. The van der Waals surface area contributed by atoms with Crippen molar-refractivity contribution in [2.75, 3.05) is 6.54 Å². The summed E-state index contributed by atoms with van der Waals surface area (Å²) in [4.78, 5) is 2.34. The van der Waals surface area contributed by atoms with Gasteiger partial charge in [0.15, 0.2) is 0 Å². The minimum atomic E-state index is 0.845. The van der Waals surface area contributed by atoms with Crippen molar-refractivity contribution in [1.29, 1.82) is 0 Å². The van der Waals surface area contributed by atoms with Crippen LogP contribution in [0.5, 0.6) is 0 Å². The number of likely N-dealkylation sites (tertiary alicyclic amines) is 1. The molecule has 1 heterocycles. The Labute approximate surface area is 69.8 Å². The van der Waals surface area contributed by atoms with E-state index in [1.165, 1.54) is 45.1 Å². The fourth-order valence-electron chi connectivity index (χ4n) is 2.73. The molecule has 1 heteroatoms. The molecular formula is C10H18N. The molecular weight excluding hydrogens is 134 g/mol. The third-order valence-electron chi connectivity index (χ3n) is 3.36. The topological polar surface area (TPSA) is 3.24 Å². The molecule has 0 aromatic carbocycles. The first-order chi connectivity index (χ1) is 5.38. The minimum absolute atomic E-state index is 0.845. The fraction of sp³-hybridized carbons (Fsp3) is 0.900. The maximum absolute atomic E-state index is 4.12. The highest BCUT2D eigenvalue weighted by atomic mass is 15.1. The molecule has 1 saturated carbocycles. The summed E-state index contributed by atoms with van der Waals surface area (Å²) < 4.78 is 0. The lowest BCUT2D eigenvalue weighted by atomic mass is 9.79. The van der Waals surface area contributed by atoms with E-state index in [4.69, 9.17) is 0 Å². The Morgan fingerprint density at radius 3 is 2.55 bits per heavy atom. The SMILES string of the molecule is [CH2]N1CCCC2CCCCC21. The van der Waals surface area contributed by atoms with Gasteiger partial charge in [-0.2, -0.15) is 0 Å². The van der Waals surface area contributed by atoms with E-state index in [0.717, 1.165) is 12.0 Å². The average molecular weight is 152 g/mol. The third-order valence-corrected chi connectivity index (χ3v) is 3.36. The highest BCUT2D eigenvalue weighted by Gasteiger charge is 2.30. The monoisotopic (exact) mass is 152 g/mol. The van der Waals surface area contributed by atoms with Crippen LogP contribution in [0.15, 0.2) is 0 Å². The predicted octanol–water partition coefficient (Wildman–Crippen LogP) is 2.43. The van der Waals surface area contributed by atoms with Crippen LogP contribution in [-0.2, 0) is 0 Å². The Morgan fingerprint density at radius 1 is 1.00 bits per heavy atom. The van der Waals surface area contributed by atoms with Crippen LogP contribution >= 0.6 is 0 Å². The summed E-state index contributed by atoms with van der Waals surface area (Å²) in [7, 11) is 4.12. The van der Waals surface area contributed by atoms with E-state index in [0.29, 0.717) is 0 Å². The van der Waals surface area contributed by atoms with Crippen molar-refractivity contribution in [3.05, 3.63) is 7.05 Å². The number of piperidine rings is 1. The number of rotatable bonds is 0. The second-order valence-corrected chi connectivity index (χ2v) is 4.07. The Kier molecular flexibility index (Phi) is 2.17. The predicted molar refractivity (Wildman–Crippen MR) is 47.0 cm³/mol. The van der Waals surface area contributed by atoms with Gasteiger partial charge in [0.25, 0.3) is 0 Å². The zero-order chi connectivity index (χ0) is 7.68. The average Bonchev–Trinajstić information content (AvgIpc) is 2.06. The zero-order valence-electron chi connectivity index (χ0n) is 7.26. The van der Waals surface area contributed by atoms with Crippen molar-refractivity contribution in [3.63, 3.8) is 0 Å². The van der Waals surface area contributed by atoms with Gasteiger partial charge >= 0.3 is 0 Å². The van der Waals surface area contributed by atoms with Gasteiger partial charge in [-0.05, 0) is 38.1 Å². The highest BCUT2D eigenvalue weighted by molar-refractivity contribution is 4.86. The smallest absolute Gasteiger partial charge is 0.0124 e. The maximum Gasteiger partial charge on any atom is 0.0124 e. The molecule has 0 N–H and O–H groups in total. The summed E-state index contributed by atoms with van der Waals surface area (Å²) >= 11 is 0. The molecule has 2 atom stereocenters. The van der Waals surface area contributed by atoms with Crippen LogP contribution in [0, 0.1) is 13.0 Å². The number of nitrogens with zero attached hydrogens (tertiary/aromatic N) is 1. The quantitative estimate of drug-likeness (QED) is 0.515. The van der Waals surface area contributed by atoms with E-state index < -0.39 is 0 Å². The van der Waals surface area contributed by atoms with E-state index in [-0.39, 0.29) is 0 Å². The van der Waals surface area contributed by atoms with Crippen LogP contribution in [0.25, 0.3) is 0 Å².